The van der Waals surface area contributed by atoms with Crippen molar-refractivity contribution in [2.45, 2.75) is 31.7 Å². The van der Waals surface area contributed by atoms with Gasteiger partial charge in [-0.25, -0.2) is 4.79 Å². The highest BCUT2D eigenvalue weighted by Gasteiger charge is 2.20. The summed E-state index contributed by atoms with van der Waals surface area (Å²) in [4.78, 5) is 24.0. The Labute approximate surface area is 113 Å². The van der Waals surface area contributed by atoms with Crippen LogP contribution < -0.4 is 5.32 Å². The molecule has 6 nitrogen and oxygen atoms in total. The summed E-state index contributed by atoms with van der Waals surface area (Å²) in [7, 11) is 0. The lowest BCUT2D eigenvalue weighted by Gasteiger charge is -2.31. The van der Waals surface area contributed by atoms with E-state index in [0.29, 0.717) is 6.42 Å². The zero-order valence-corrected chi connectivity index (χ0v) is 11.1. The number of aliphatic carboxylic acids is 1. The van der Waals surface area contributed by atoms with Gasteiger partial charge in [0.2, 0.25) is 0 Å². The van der Waals surface area contributed by atoms with Crippen LogP contribution in [0, 0.1) is 0 Å². The first kappa shape index (κ1) is 15.5. The van der Waals surface area contributed by atoms with Crippen LogP contribution in [0.25, 0.3) is 0 Å². The molecule has 0 atom stereocenters. The molecule has 1 fully saturated rings. The average molecular weight is 270 g/mol. The Kier molecular flexibility index (Phi) is 6.95. The molecule has 0 aromatic heterocycles. The summed E-state index contributed by atoms with van der Waals surface area (Å²) >= 11 is 0. The second-order valence-electron chi connectivity index (χ2n) is 4.64. The van der Waals surface area contributed by atoms with Crippen molar-refractivity contribution < 1.29 is 19.4 Å². The van der Waals surface area contributed by atoms with Gasteiger partial charge in [0, 0.05) is 25.6 Å². The molecule has 2 N–H and O–H groups in total. The number of alkyl carbamates (subject to hydrolysis) is 1. The quantitative estimate of drug-likeness (QED) is 0.680. The van der Waals surface area contributed by atoms with Gasteiger partial charge >= 0.3 is 12.1 Å². The molecule has 1 heterocycles. The summed E-state index contributed by atoms with van der Waals surface area (Å²) in [5, 5.41) is 11.4. The molecule has 108 valence electrons. The molecule has 1 amide bonds. The van der Waals surface area contributed by atoms with Crippen molar-refractivity contribution >= 4 is 12.1 Å². The molecule has 0 aromatic rings. The third kappa shape index (κ3) is 6.81. The van der Waals surface area contributed by atoms with Gasteiger partial charge in [-0.05, 0) is 25.8 Å². The van der Waals surface area contributed by atoms with E-state index in [1.54, 1.807) is 0 Å². The molecular weight excluding hydrogens is 248 g/mol. The van der Waals surface area contributed by atoms with E-state index >= 15 is 0 Å². The van der Waals surface area contributed by atoms with Crippen LogP contribution in [0.3, 0.4) is 0 Å². The normalized spacial score (nSPS) is 16.8. The first-order chi connectivity index (χ1) is 9.11. The molecule has 0 aliphatic carbocycles. The first-order valence-electron chi connectivity index (χ1n) is 6.60. The fourth-order valence-electron chi connectivity index (χ4n) is 2.10. The summed E-state index contributed by atoms with van der Waals surface area (Å²) in [5.74, 6) is -0.749. The number of piperidine rings is 1. The smallest absolute Gasteiger partial charge is 0.407 e. The number of hydrogen-bond donors (Lipinski definition) is 2. The van der Waals surface area contributed by atoms with Crippen molar-refractivity contribution in [2.24, 2.45) is 0 Å². The molecule has 19 heavy (non-hydrogen) atoms. The van der Waals surface area contributed by atoms with Gasteiger partial charge in [-0.3, -0.25) is 4.79 Å². The Hall–Kier alpha value is -1.56. The van der Waals surface area contributed by atoms with Crippen molar-refractivity contribution in [3.05, 3.63) is 12.7 Å². The minimum absolute atomic E-state index is 0.146. The van der Waals surface area contributed by atoms with Gasteiger partial charge < -0.3 is 20.1 Å². The van der Waals surface area contributed by atoms with Crippen molar-refractivity contribution in [1.29, 1.82) is 0 Å². The van der Waals surface area contributed by atoms with Crippen LogP contribution in [-0.2, 0) is 9.53 Å². The minimum atomic E-state index is -0.749. The maximum atomic E-state index is 11.3. The van der Waals surface area contributed by atoms with Crippen molar-refractivity contribution in [3.63, 3.8) is 0 Å². The molecule has 1 aliphatic heterocycles. The molecule has 0 saturated carbocycles. The number of likely N-dealkylation sites (tertiary alicyclic amines) is 1. The summed E-state index contributed by atoms with van der Waals surface area (Å²) in [6, 6.07) is 0.146. The van der Waals surface area contributed by atoms with Gasteiger partial charge in [-0.2, -0.15) is 0 Å². The van der Waals surface area contributed by atoms with E-state index in [-0.39, 0.29) is 19.1 Å². The highest BCUT2D eigenvalue weighted by atomic mass is 16.5. The molecular formula is C13H22N2O4. The number of nitrogens with zero attached hydrogens (tertiary/aromatic N) is 1. The Balaban J connectivity index is 2.12. The van der Waals surface area contributed by atoms with Crippen LogP contribution in [0.15, 0.2) is 12.7 Å². The van der Waals surface area contributed by atoms with Crippen LogP contribution >= 0.6 is 0 Å². The predicted octanol–water partition coefficient (Wildman–Crippen LogP) is 1.23. The lowest BCUT2D eigenvalue weighted by molar-refractivity contribution is -0.137. The average Bonchev–Trinajstić information content (AvgIpc) is 2.38. The summed E-state index contributed by atoms with van der Waals surface area (Å²) in [6.07, 6.45) is 3.77. The number of carboxylic acids is 1. The van der Waals surface area contributed by atoms with Gasteiger partial charge in [-0.15, -0.1) is 0 Å². The fourth-order valence-corrected chi connectivity index (χ4v) is 2.10. The molecule has 0 bridgehead atoms. The number of carbonyl (C=O) groups excluding carboxylic acids is 1. The minimum Gasteiger partial charge on any atom is -0.481 e. The number of nitrogens with one attached hydrogen (secondary N) is 1. The van der Waals surface area contributed by atoms with E-state index in [1.807, 2.05) is 0 Å². The Morgan fingerprint density at radius 1 is 1.42 bits per heavy atom. The van der Waals surface area contributed by atoms with Crippen molar-refractivity contribution in [2.75, 3.05) is 26.2 Å². The standard InChI is InChI=1S/C13H22N2O4/c1-2-10-19-13(18)14-11-5-8-15(9-6-11)7-3-4-12(16)17/h2,11H,1,3-10H2,(H,14,18)(H,16,17). The van der Waals surface area contributed by atoms with E-state index in [9.17, 15) is 9.59 Å². The first-order valence-corrected chi connectivity index (χ1v) is 6.60. The number of rotatable bonds is 7. The third-order valence-electron chi connectivity index (χ3n) is 3.11. The van der Waals surface area contributed by atoms with E-state index in [4.69, 9.17) is 9.84 Å². The molecule has 6 heteroatoms. The Morgan fingerprint density at radius 3 is 2.68 bits per heavy atom. The molecule has 0 aromatic carbocycles. The van der Waals surface area contributed by atoms with Crippen molar-refractivity contribution in [1.82, 2.24) is 10.2 Å². The van der Waals surface area contributed by atoms with Crippen LogP contribution in [-0.4, -0.2) is 54.4 Å². The molecule has 1 aliphatic rings. The molecule has 1 saturated heterocycles. The molecule has 1 rings (SSSR count). The topological polar surface area (TPSA) is 78.9 Å². The van der Waals surface area contributed by atoms with Gasteiger partial charge in [0.25, 0.3) is 0 Å². The summed E-state index contributed by atoms with van der Waals surface area (Å²) < 4.78 is 4.87. The Bertz CT molecular complexity index is 312. The van der Waals surface area contributed by atoms with Crippen LogP contribution in [0.4, 0.5) is 4.79 Å². The number of hydrogen-bond acceptors (Lipinski definition) is 4. The maximum absolute atomic E-state index is 11.3. The zero-order valence-electron chi connectivity index (χ0n) is 11.1. The largest absolute Gasteiger partial charge is 0.481 e. The maximum Gasteiger partial charge on any atom is 0.407 e. The second-order valence-corrected chi connectivity index (χ2v) is 4.64. The van der Waals surface area contributed by atoms with Gasteiger partial charge in [0.05, 0.1) is 0 Å². The van der Waals surface area contributed by atoms with Gasteiger partial charge in [-0.1, -0.05) is 12.7 Å². The van der Waals surface area contributed by atoms with Gasteiger partial charge in [0.1, 0.15) is 6.61 Å². The molecule has 0 unspecified atom stereocenters. The van der Waals surface area contributed by atoms with E-state index in [1.165, 1.54) is 6.08 Å². The van der Waals surface area contributed by atoms with Crippen LogP contribution in [0.1, 0.15) is 25.7 Å². The monoisotopic (exact) mass is 270 g/mol. The number of carboxylic acid groups (broad SMARTS) is 1. The predicted molar refractivity (Wildman–Crippen MR) is 71.0 cm³/mol. The lowest BCUT2D eigenvalue weighted by Crippen LogP contribution is -2.45. The van der Waals surface area contributed by atoms with Crippen LogP contribution in [0.5, 0.6) is 0 Å². The number of amides is 1. The number of carbonyl (C=O) groups is 2. The summed E-state index contributed by atoms with van der Waals surface area (Å²) in [5.41, 5.74) is 0. The van der Waals surface area contributed by atoms with E-state index in [0.717, 1.165) is 32.5 Å². The third-order valence-corrected chi connectivity index (χ3v) is 3.11. The van der Waals surface area contributed by atoms with Crippen LogP contribution in [0.2, 0.25) is 0 Å². The second kappa shape index (κ2) is 8.53. The fraction of sp³-hybridized carbons (Fsp3) is 0.692. The van der Waals surface area contributed by atoms with E-state index < -0.39 is 12.1 Å². The summed E-state index contributed by atoms with van der Waals surface area (Å²) in [6.45, 7) is 6.27. The van der Waals surface area contributed by atoms with Crippen molar-refractivity contribution in [3.8, 4) is 0 Å². The highest BCUT2D eigenvalue weighted by molar-refractivity contribution is 5.67. The number of ether oxygens (including phenoxy) is 1. The SMILES string of the molecule is C=CCOC(=O)NC1CCN(CCCC(=O)O)CC1. The van der Waals surface area contributed by atoms with Gasteiger partial charge in [0.15, 0.2) is 0 Å². The Morgan fingerprint density at radius 2 is 2.11 bits per heavy atom. The lowest BCUT2D eigenvalue weighted by atomic mass is 10.1. The van der Waals surface area contributed by atoms with E-state index in [2.05, 4.69) is 16.8 Å². The molecule has 0 spiro atoms. The molecule has 0 radical (unpaired) electrons. The highest BCUT2D eigenvalue weighted by Crippen LogP contribution is 2.11. The zero-order chi connectivity index (χ0) is 14.1.